The summed E-state index contributed by atoms with van der Waals surface area (Å²) in [5.74, 6) is -1.25. The van der Waals surface area contributed by atoms with E-state index in [4.69, 9.17) is 21.1 Å². The highest BCUT2D eigenvalue weighted by molar-refractivity contribution is 6.31. The average molecular weight is 417 g/mol. The van der Waals surface area contributed by atoms with Gasteiger partial charge in [-0.1, -0.05) is 23.7 Å². The van der Waals surface area contributed by atoms with Crippen LogP contribution in [-0.2, 0) is 19.1 Å². The Morgan fingerprint density at radius 1 is 1.24 bits per heavy atom. The van der Waals surface area contributed by atoms with E-state index in [1.807, 2.05) is 6.92 Å². The predicted octanol–water partition coefficient (Wildman–Crippen LogP) is 3.19. The van der Waals surface area contributed by atoms with E-state index in [-0.39, 0.29) is 18.9 Å². The Balaban J connectivity index is 1.55. The molecule has 8 heteroatoms. The number of halogens is 1. The van der Waals surface area contributed by atoms with E-state index >= 15 is 0 Å². The van der Waals surface area contributed by atoms with E-state index < -0.39 is 24.4 Å². The number of nitrogens with one attached hydrogen (secondary N) is 1. The van der Waals surface area contributed by atoms with Gasteiger partial charge in [0.1, 0.15) is 5.75 Å². The number of nitrogens with zero attached hydrogens (tertiary/aromatic N) is 1. The number of ether oxygens (including phenoxy) is 2. The number of methoxy groups -OCH3 is 1. The number of aryl methyl sites for hydroxylation is 1. The molecule has 1 aliphatic heterocycles. The molecule has 2 amide bonds. The third-order valence-corrected chi connectivity index (χ3v) is 4.88. The van der Waals surface area contributed by atoms with Crippen molar-refractivity contribution in [2.75, 3.05) is 30.5 Å². The van der Waals surface area contributed by atoms with Gasteiger partial charge in [-0.15, -0.1) is 0 Å². The highest BCUT2D eigenvalue weighted by Gasteiger charge is 2.36. The molecule has 7 nitrogen and oxygen atoms in total. The molecule has 0 aromatic heterocycles. The highest BCUT2D eigenvalue weighted by atomic mass is 35.5. The Bertz CT molecular complexity index is 946. The second-order valence-corrected chi connectivity index (χ2v) is 7.16. The summed E-state index contributed by atoms with van der Waals surface area (Å²) in [7, 11) is 1.54. The first-order valence-electron chi connectivity index (χ1n) is 9.04. The number of hydrogen-bond acceptors (Lipinski definition) is 5. The molecule has 1 saturated heterocycles. The molecule has 0 spiro atoms. The van der Waals surface area contributed by atoms with E-state index in [0.717, 1.165) is 5.56 Å². The zero-order chi connectivity index (χ0) is 21.0. The minimum absolute atomic E-state index is 0.0328. The number of carbonyl (C=O) groups is 3. The van der Waals surface area contributed by atoms with Gasteiger partial charge >= 0.3 is 5.97 Å². The van der Waals surface area contributed by atoms with Crippen LogP contribution in [0.15, 0.2) is 42.5 Å². The molecule has 2 aromatic rings. The number of rotatable bonds is 6. The zero-order valence-corrected chi connectivity index (χ0v) is 16.9. The zero-order valence-electron chi connectivity index (χ0n) is 16.1. The first-order chi connectivity index (χ1) is 13.9. The van der Waals surface area contributed by atoms with Crippen molar-refractivity contribution in [3.05, 3.63) is 53.1 Å². The molecule has 1 fully saturated rings. The summed E-state index contributed by atoms with van der Waals surface area (Å²) in [6, 6.07) is 12.2. The molecule has 1 heterocycles. The van der Waals surface area contributed by atoms with Crippen LogP contribution in [-0.4, -0.2) is 38.0 Å². The number of amides is 2. The number of anilines is 2. The van der Waals surface area contributed by atoms with Crippen LogP contribution >= 0.6 is 11.6 Å². The van der Waals surface area contributed by atoms with Crippen LogP contribution in [0.3, 0.4) is 0 Å². The third-order valence-electron chi connectivity index (χ3n) is 4.64. The SMILES string of the molecule is COc1cccc(N2C[C@@H](C(=O)OCC(=O)Nc3cc(Cl)ccc3C)CC2=O)c1. The normalized spacial score (nSPS) is 15.9. The Hall–Kier alpha value is -3.06. The maximum atomic E-state index is 12.3. The van der Waals surface area contributed by atoms with Crippen LogP contribution in [0.1, 0.15) is 12.0 Å². The molecule has 0 saturated carbocycles. The lowest BCUT2D eigenvalue weighted by Gasteiger charge is -2.17. The van der Waals surface area contributed by atoms with Crippen molar-refractivity contribution in [1.82, 2.24) is 0 Å². The van der Waals surface area contributed by atoms with E-state index in [0.29, 0.717) is 22.1 Å². The minimum Gasteiger partial charge on any atom is -0.497 e. The number of esters is 1. The summed E-state index contributed by atoms with van der Waals surface area (Å²) < 4.78 is 10.3. The number of benzene rings is 2. The van der Waals surface area contributed by atoms with Gasteiger partial charge < -0.3 is 19.7 Å². The molecular formula is C21H21ClN2O5. The third kappa shape index (κ3) is 5.06. The van der Waals surface area contributed by atoms with Crippen molar-refractivity contribution in [1.29, 1.82) is 0 Å². The van der Waals surface area contributed by atoms with Gasteiger partial charge in [-0.05, 0) is 36.8 Å². The van der Waals surface area contributed by atoms with Crippen LogP contribution < -0.4 is 15.0 Å². The summed E-state index contributed by atoms with van der Waals surface area (Å²) in [5.41, 5.74) is 2.04. The van der Waals surface area contributed by atoms with Gasteiger partial charge in [-0.25, -0.2) is 0 Å². The predicted molar refractivity (Wildman–Crippen MR) is 109 cm³/mol. The van der Waals surface area contributed by atoms with Gasteiger partial charge in [0.05, 0.1) is 13.0 Å². The molecule has 0 unspecified atom stereocenters. The van der Waals surface area contributed by atoms with Gasteiger partial charge in [0.2, 0.25) is 5.91 Å². The Kier molecular flexibility index (Phi) is 6.39. The molecule has 1 aliphatic rings. The fourth-order valence-corrected chi connectivity index (χ4v) is 3.24. The molecular weight excluding hydrogens is 396 g/mol. The standard InChI is InChI=1S/C21H21ClN2O5/c1-13-6-7-15(22)9-18(13)23-19(25)12-29-21(27)14-8-20(26)24(11-14)16-4-3-5-17(10-16)28-2/h3-7,9-10,14H,8,11-12H2,1-2H3,(H,23,25)/t14-/m0/s1. The van der Waals surface area contributed by atoms with Crippen LogP contribution in [0.5, 0.6) is 5.75 Å². The molecule has 1 N–H and O–H groups in total. The van der Waals surface area contributed by atoms with Crippen LogP contribution in [0.4, 0.5) is 11.4 Å². The summed E-state index contributed by atoms with van der Waals surface area (Å²) >= 11 is 5.93. The number of carbonyl (C=O) groups excluding carboxylic acids is 3. The topological polar surface area (TPSA) is 84.9 Å². The second kappa shape index (κ2) is 8.96. The largest absolute Gasteiger partial charge is 0.497 e. The lowest BCUT2D eigenvalue weighted by molar-refractivity contribution is -0.151. The fraction of sp³-hybridized carbons (Fsp3) is 0.286. The van der Waals surface area contributed by atoms with Gasteiger partial charge in [0.15, 0.2) is 6.61 Å². The molecule has 1 atom stereocenters. The summed E-state index contributed by atoms with van der Waals surface area (Å²) in [5, 5.41) is 3.15. The van der Waals surface area contributed by atoms with Crippen molar-refractivity contribution in [3.8, 4) is 5.75 Å². The molecule has 0 radical (unpaired) electrons. The monoisotopic (exact) mass is 416 g/mol. The number of hydrogen-bond donors (Lipinski definition) is 1. The van der Waals surface area contributed by atoms with Crippen molar-refractivity contribution >= 4 is 40.8 Å². The Morgan fingerprint density at radius 3 is 2.79 bits per heavy atom. The average Bonchev–Trinajstić information content (AvgIpc) is 3.10. The lowest BCUT2D eigenvalue weighted by atomic mass is 10.1. The maximum absolute atomic E-state index is 12.3. The van der Waals surface area contributed by atoms with E-state index in [1.54, 1.807) is 49.6 Å². The molecule has 3 rings (SSSR count). The van der Waals surface area contributed by atoms with E-state index in [9.17, 15) is 14.4 Å². The first kappa shape index (κ1) is 20.7. The van der Waals surface area contributed by atoms with Crippen LogP contribution in [0.2, 0.25) is 5.02 Å². The molecule has 2 aromatic carbocycles. The highest BCUT2D eigenvalue weighted by Crippen LogP contribution is 2.28. The molecule has 29 heavy (non-hydrogen) atoms. The second-order valence-electron chi connectivity index (χ2n) is 6.72. The molecule has 0 bridgehead atoms. The molecule has 0 aliphatic carbocycles. The van der Waals surface area contributed by atoms with Crippen molar-refractivity contribution < 1.29 is 23.9 Å². The smallest absolute Gasteiger partial charge is 0.311 e. The van der Waals surface area contributed by atoms with Gasteiger partial charge in [-0.3, -0.25) is 14.4 Å². The summed E-state index contributed by atoms with van der Waals surface area (Å²) in [4.78, 5) is 38.3. The Labute approximate surface area is 173 Å². The van der Waals surface area contributed by atoms with E-state index in [1.165, 1.54) is 4.90 Å². The lowest BCUT2D eigenvalue weighted by Crippen LogP contribution is -2.28. The first-order valence-corrected chi connectivity index (χ1v) is 9.42. The van der Waals surface area contributed by atoms with Crippen LogP contribution in [0, 0.1) is 12.8 Å². The van der Waals surface area contributed by atoms with Crippen molar-refractivity contribution in [2.45, 2.75) is 13.3 Å². The fourth-order valence-electron chi connectivity index (χ4n) is 3.06. The Morgan fingerprint density at radius 2 is 2.03 bits per heavy atom. The van der Waals surface area contributed by atoms with Crippen molar-refractivity contribution in [2.24, 2.45) is 5.92 Å². The summed E-state index contributed by atoms with van der Waals surface area (Å²) in [6.07, 6.45) is 0.0328. The minimum atomic E-state index is -0.630. The maximum Gasteiger partial charge on any atom is 0.311 e. The van der Waals surface area contributed by atoms with Gasteiger partial charge in [0.25, 0.3) is 5.91 Å². The summed E-state index contributed by atoms with van der Waals surface area (Å²) in [6.45, 7) is 1.59. The molecule has 152 valence electrons. The van der Waals surface area contributed by atoms with Gasteiger partial charge in [0, 0.05) is 35.4 Å². The van der Waals surface area contributed by atoms with Crippen molar-refractivity contribution in [3.63, 3.8) is 0 Å². The van der Waals surface area contributed by atoms with Crippen LogP contribution in [0.25, 0.3) is 0 Å². The van der Waals surface area contributed by atoms with Gasteiger partial charge in [-0.2, -0.15) is 0 Å². The quantitative estimate of drug-likeness (QED) is 0.731. The van der Waals surface area contributed by atoms with E-state index in [2.05, 4.69) is 5.32 Å².